The summed E-state index contributed by atoms with van der Waals surface area (Å²) in [5, 5.41) is 5.92. The van der Waals surface area contributed by atoms with Crippen molar-refractivity contribution in [2.24, 2.45) is 0 Å². The number of amides is 1. The molecule has 0 radical (unpaired) electrons. The number of rotatable bonds is 7. The summed E-state index contributed by atoms with van der Waals surface area (Å²) in [4.78, 5) is 26.4. The maximum atomic E-state index is 13.6. The monoisotopic (exact) mass is 475 g/mol. The maximum absolute atomic E-state index is 13.6. The third-order valence-corrected chi connectivity index (χ3v) is 6.34. The van der Waals surface area contributed by atoms with Crippen molar-refractivity contribution >= 4 is 39.8 Å². The van der Waals surface area contributed by atoms with Crippen LogP contribution in [0.25, 0.3) is 11.1 Å². The SMILES string of the molecule is CCOC(=O)c1c(-c2ccc(Cl)cc2)csc1NC(=O)C(c1ccccc1)c1ccccc1. The quantitative estimate of drug-likeness (QED) is 0.292. The first-order chi connectivity index (χ1) is 16.1. The molecule has 1 heterocycles. The lowest BCUT2D eigenvalue weighted by molar-refractivity contribution is -0.116. The molecule has 0 bridgehead atoms. The average Bonchev–Trinajstić information content (AvgIpc) is 3.25. The second kappa shape index (κ2) is 10.5. The zero-order chi connectivity index (χ0) is 23.2. The molecule has 0 saturated heterocycles. The van der Waals surface area contributed by atoms with Gasteiger partial charge in [0.05, 0.1) is 12.5 Å². The van der Waals surface area contributed by atoms with Gasteiger partial charge in [0.15, 0.2) is 0 Å². The van der Waals surface area contributed by atoms with Crippen molar-refractivity contribution < 1.29 is 14.3 Å². The molecular weight excluding hydrogens is 454 g/mol. The van der Waals surface area contributed by atoms with E-state index in [0.29, 0.717) is 21.2 Å². The Kier molecular flexibility index (Phi) is 7.23. The molecule has 0 saturated carbocycles. The fraction of sp³-hybridized carbons (Fsp3) is 0.111. The van der Waals surface area contributed by atoms with Crippen LogP contribution in [0, 0.1) is 0 Å². The summed E-state index contributed by atoms with van der Waals surface area (Å²) in [6.45, 7) is 1.99. The van der Waals surface area contributed by atoms with Gasteiger partial charge in [0.2, 0.25) is 5.91 Å². The summed E-state index contributed by atoms with van der Waals surface area (Å²) in [5.74, 6) is -1.22. The molecule has 0 aliphatic rings. The van der Waals surface area contributed by atoms with Crippen molar-refractivity contribution in [3.8, 4) is 11.1 Å². The molecule has 4 aromatic rings. The number of carbonyl (C=O) groups is 2. The number of thiophene rings is 1. The zero-order valence-corrected chi connectivity index (χ0v) is 19.5. The second-order valence-corrected chi connectivity index (χ2v) is 8.64. The van der Waals surface area contributed by atoms with Crippen LogP contribution in [0.2, 0.25) is 5.02 Å². The van der Waals surface area contributed by atoms with E-state index in [0.717, 1.165) is 16.7 Å². The lowest BCUT2D eigenvalue weighted by Crippen LogP contribution is -2.23. The fourth-order valence-corrected chi connectivity index (χ4v) is 4.75. The lowest BCUT2D eigenvalue weighted by Gasteiger charge is -2.18. The van der Waals surface area contributed by atoms with Crippen LogP contribution >= 0.6 is 22.9 Å². The van der Waals surface area contributed by atoms with Gasteiger partial charge in [0, 0.05) is 16.0 Å². The predicted molar refractivity (Wildman–Crippen MR) is 134 cm³/mol. The van der Waals surface area contributed by atoms with Crippen LogP contribution in [-0.2, 0) is 9.53 Å². The van der Waals surface area contributed by atoms with Crippen LogP contribution in [0.1, 0.15) is 34.3 Å². The standard InChI is InChI=1S/C27H22ClNO3S/c1-2-32-27(31)24-22(18-13-15-21(28)16-14-18)17-33-26(24)29-25(30)23(19-9-5-3-6-10-19)20-11-7-4-8-12-20/h3-17,23H,2H2,1H3,(H,29,30). The Morgan fingerprint density at radius 3 is 2.03 bits per heavy atom. The van der Waals surface area contributed by atoms with Crippen molar-refractivity contribution in [3.05, 3.63) is 112 Å². The van der Waals surface area contributed by atoms with Gasteiger partial charge in [-0.2, -0.15) is 0 Å². The van der Waals surface area contributed by atoms with Crippen molar-refractivity contribution in [3.63, 3.8) is 0 Å². The number of anilines is 1. The highest BCUT2D eigenvalue weighted by Crippen LogP contribution is 2.38. The Labute approximate surface area is 201 Å². The van der Waals surface area contributed by atoms with Crippen LogP contribution in [-0.4, -0.2) is 18.5 Å². The molecule has 0 fully saturated rings. The third kappa shape index (κ3) is 5.16. The van der Waals surface area contributed by atoms with Crippen molar-refractivity contribution in [2.45, 2.75) is 12.8 Å². The van der Waals surface area contributed by atoms with E-state index in [1.54, 1.807) is 19.1 Å². The summed E-state index contributed by atoms with van der Waals surface area (Å²) < 4.78 is 5.31. The normalized spacial score (nSPS) is 10.8. The molecule has 1 aromatic heterocycles. The third-order valence-electron chi connectivity index (χ3n) is 5.19. The van der Waals surface area contributed by atoms with Crippen molar-refractivity contribution in [1.82, 2.24) is 0 Å². The van der Waals surface area contributed by atoms with Crippen molar-refractivity contribution in [2.75, 3.05) is 11.9 Å². The molecule has 4 nitrogen and oxygen atoms in total. The first-order valence-electron chi connectivity index (χ1n) is 10.5. The minimum atomic E-state index is -0.525. The topological polar surface area (TPSA) is 55.4 Å². The number of hydrogen-bond acceptors (Lipinski definition) is 4. The van der Waals surface area contributed by atoms with Crippen molar-refractivity contribution in [1.29, 1.82) is 0 Å². The molecule has 0 aliphatic heterocycles. The molecule has 0 aliphatic carbocycles. The van der Waals surface area contributed by atoms with Crippen LogP contribution in [0.3, 0.4) is 0 Å². The maximum Gasteiger partial charge on any atom is 0.341 e. The smallest absolute Gasteiger partial charge is 0.341 e. The number of hydrogen-bond donors (Lipinski definition) is 1. The Morgan fingerprint density at radius 2 is 1.48 bits per heavy atom. The molecule has 1 N–H and O–H groups in total. The highest BCUT2D eigenvalue weighted by Gasteiger charge is 2.27. The molecule has 1 amide bonds. The van der Waals surface area contributed by atoms with Gasteiger partial charge in [-0.25, -0.2) is 4.79 Å². The van der Waals surface area contributed by atoms with Crippen LogP contribution in [0.15, 0.2) is 90.3 Å². The van der Waals surface area contributed by atoms with Gasteiger partial charge in [-0.1, -0.05) is 84.4 Å². The summed E-state index contributed by atoms with van der Waals surface area (Å²) in [7, 11) is 0. The lowest BCUT2D eigenvalue weighted by atomic mass is 9.90. The average molecular weight is 476 g/mol. The van der Waals surface area contributed by atoms with E-state index in [9.17, 15) is 9.59 Å². The van der Waals surface area contributed by atoms with Crippen LogP contribution in [0.4, 0.5) is 5.00 Å². The predicted octanol–water partition coefficient (Wildman–Crippen LogP) is 7.02. The van der Waals surface area contributed by atoms with Gasteiger partial charge in [0.1, 0.15) is 10.6 Å². The van der Waals surface area contributed by atoms with E-state index in [1.807, 2.05) is 78.2 Å². The minimum absolute atomic E-state index is 0.220. The van der Waals surface area contributed by atoms with E-state index < -0.39 is 11.9 Å². The van der Waals surface area contributed by atoms with E-state index >= 15 is 0 Å². The highest BCUT2D eigenvalue weighted by molar-refractivity contribution is 7.15. The number of halogens is 1. The molecule has 0 unspecified atom stereocenters. The Balaban J connectivity index is 1.73. The molecule has 3 aromatic carbocycles. The van der Waals surface area contributed by atoms with E-state index in [2.05, 4.69) is 5.32 Å². The fourth-order valence-electron chi connectivity index (χ4n) is 3.67. The summed E-state index contributed by atoms with van der Waals surface area (Å²) in [6.07, 6.45) is 0. The van der Waals surface area contributed by atoms with Gasteiger partial charge in [-0.3, -0.25) is 4.79 Å². The highest BCUT2D eigenvalue weighted by atomic mass is 35.5. The summed E-state index contributed by atoms with van der Waals surface area (Å²) in [5.41, 5.74) is 3.60. The molecular formula is C27H22ClNO3S. The van der Waals surface area contributed by atoms with Crippen LogP contribution in [0.5, 0.6) is 0 Å². The van der Waals surface area contributed by atoms with Gasteiger partial charge < -0.3 is 10.1 Å². The number of carbonyl (C=O) groups excluding carboxylic acids is 2. The van der Waals surface area contributed by atoms with Gasteiger partial charge in [0.25, 0.3) is 0 Å². The molecule has 33 heavy (non-hydrogen) atoms. The number of esters is 1. The number of nitrogens with one attached hydrogen (secondary N) is 1. The first kappa shape index (κ1) is 22.8. The molecule has 0 spiro atoms. The second-order valence-electron chi connectivity index (χ2n) is 7.32. The molecule has 166 valence electrons. The number of ether oxygens (including phenoxy) is 1. The minimum Gasteiger partial charge on any atom is -0.462 e. The van der Waals surface area contributed by atoms with E-state index in [1.165, 1.54) is 11.3 Å². The molecule has 6 heteroatoms. The summed E-state index contributed by atoms with van der Waals surface area (Å²) in [6, 6.07) is 26.4. The molecule has 4 rings (SSSR count). The summed E-state index contributed by atoms with van der Waals surface area (Å²) >= 11 is 7.33. The molecule has 0 atom stereocenters. The number of benzene rings is 3. The Hall–Kier alpha value is -3.41. The van der Waals surface area contributed by atoms with Gasteiger partial charge >= 0.3 is 5.97 Å². The Bertz CT molecular complexity index is 1200. The van der Waals surface area contributed by atoms with E-state index in [-0.39, 0.29) is 12.5 Å². The van der Waals surface area contributed by atoms with Gasteiger partial charge in [-0.15, -0.1) is 11.3 Å². The largest absolute Gasteiger partial charge is 0.462 e. The zero-order valence-electron chi connectivity index (χ0n) is 18.0. The first-order valence-corrected chi connectivity index (χ1v) is 11.8. The van der Waals surface area contributed by atoms with Gasteiger partial charge in [-0.05, 0) is 35.7 Å². The van der Waals surface area contributed by atoms with Crippen LogP contribution < -0.4 is 5.32 Å². The van der Waals surface area contributed by atoms with E-state index in [4.69, 9.17) is 16.3 Å². The Morgan fingerprint density at radius 1 is 0.909 bits per heavy atom.